The van der Waals surface area contributed by atoms with Gasteiger partial charge < -0.3 is 10.1 Å². The molecule has 0 aliphatic carbocycles. The molecular weight excluding hydrogens is 387 g/mol. The van der Waals surface area contributed by atoms with Crippen LogP contribution in [-0.2, 0) is 24.4 Å². The zero-order chi connectivity index (χ0) is 18.8. The maximum atomic E-state index is 12.5. The number of nitrogens with zero attached hydrogens (tertiary/aromatic N) is 3. The summed E-state index contributed by atoms with van der Waals surface area (Å²) in [5.74, 6) is -0.287. The van der Waals surface area contributed by atoms with Crippen LogP contribution in [0.1, 0.15) is 33.4 Å². The van der Waals surface area contributed by atoms with Crippen LogP contribution >= 0.6 is 23.2 Å². The average Bonchev–Trinajstić information content (AvgIpc) is 3.10. The molecule has 1 aromatic heterocycles. The molecule has 1 atom stereocenters. The Bertz CT molecular complexity index is 972. The maximum Gasteiger partial charge on any atom is 0.274 e. The van der Waals surface area contributed by atoms with Crippen LogP contribution in [0.4, 0.5) is 0 Å². The number of nitrogens with one attached hydrogen (secondary N) is 1. The molecule has 8 heteroatoms. The Kier molecular flexibility index (Phi) is 5.11. The molecule has 0 fully saturated rings. The number of ether oxygens (including phenoxy) is 1. The fourth-order valence-corrected chi connectivity index (χ4v) is 3.32. The molecule has 4 rings (SSSR count). The van der Waals surface area contributed by atoms with E-state index in [0.717, 1.165) is 11.1 Å². The number of hydrogen-bond acceptors (Lipinski definition) is 4. The second-order valence-corrected chi connectivity index (χ2v) is 7.10. The van der Waals surface area contributed by atoms with Crippen LogP contribution in [0.3, 0.4) is 0 Å². The van der Waals surface area contributed by atoms with Crippen molar-refractivity contribution in [1.29, 1.82) is 0 Å². The van der Waals surface area contributed by atoms with E-state index in [1.807, 2.05) is 42.5 Å². The first-order valence-electron chi connectivity index (χ1n) is 8.42. The van der Waals surface area contributed by atoms with Crippen molar-refractivity contribution in [2.24, 2.45) is 0 Å². The summed E-state index contributed by atoms with van der Waals surface area (Å²) in [5.41, 5.74) is 2.87. The number of amides is 1. The lowest BCUT2D eigenvalue weighted by Crippen LogP contribution is -2.27. The number of fused-ring (bicyclic) bond motifs is 1. The van der Waals surface area contributed by atoms with Crippen molar-refractivity contribution in [3.8, 4) is 0 Å². The number of carbonyl (C=O) groups excluding carboxylic acids is 1. The summed E-state index contributed by atoms with van der Waals surface area (Å²) in [6.45, 7) is 1.12. The SMILES string of the molecule is O=C(NCc1cccc(Cl)c1)c1nnn2c1CO[C@H](c1ccc(Cl)cc1)C2. The largest absolute Gasteiger partial charge is 0.365 e. The molecule has 2 heterocycles. The highest BCUT2D eigenvalue weighted by atomic mass is 35.5. The van der Waals surface area contributed by atoms with Crippen molar-refractivity contribution in [3.63, 3.8) is 0 Å². The van der Waals surface area contributed by atoms with E-state index < -0.39 is 0 Å². The van der Waals surface area contributed by atoms with E-state index in [1.54, 1.807) is 10.7 Å². The lowest BCUT2D eigenvalue weighted by Gasteiger charge is -2.24. The lowest BCUT2D eigenvalue weighted by molar-refractivity contribution is -0.00176. The van der Waals surface area contributed by atoms with Crippen LogP contribution in [0.2, 0.25) is 10.0 Å². The Hall–Kier alpha value is -2.41. The Balaban J connectivity index is 1.44. The van der Waals surface area contributed by atoms with E-state index >= 15 is 0 Å². The standard InChI is InChI=1S/C19H16Cl2N4O2/c20-14-6-4-13(5-7-14)17-10-25-16(11-27-17)18(23-24-25)19(26)22-9-12-2-1-3-15(21)8-12/h1-8,17H,9-11H2,(H,22,26)/t17-/m0/s1. The minimum Gasteiger partial charge on any atom is -0.365 e. The van der Waals surface area contributed by atoms with Gasteiger partial charge in [0.1, 0.15) is 6.10 Å². The summed E-state index contributed by atoms with van der Waals surface area (Å²) in [7, 11) is 0. The summed E-state index contributed by atoms with van der Waals surface area (Å²) < 4.78 is 7.64. The van der Waals surface area contributed by atoms with Gasteiger partial charge in [0.2, 0.25) is 0 Å². The highest BCUT2D eigenvalue weighted by molar-refractivity contribution is 6.30. The number of halogens is 2. The molecule has 1 N–H and O–H groups in total. The minimum atomic E-state index is -0.287. The monoisotopic (exact) mass is 402 g/mol. The fraction of sp³-hybridized carbons (Fsp3) is 0.211. The minimum absolute atomic E-state index is 0.154. The van der Waals surface area contributed by atoms with E-state index in [9.17, 15) is 4.79 Å². The summed E-state index contributed by atoms with van der Waals surface area (Å²) >= 11 is 11.9. The van der Waals surface area contributed by atoms with Crippen molar-refractivity contribution in [3.05, 3.63) is 81.1 Å². The first kappa shape index (κ1) is 18.0. The van der Waals surface area contributed by atoms with E-state index in [0.29, 0.717) is 28.8 Å². The van der Waals surface area contributed by atoms with Crippen molar-refractivity contribution in [2.45, 2.75) is 25.8 Å². The van der Waals surface area contributed by atoms with Gasteiger partial charge in [0.25, 0.3) is 5.91 Å². The predicted molar refractivity (Wildman–Crippen MR) is 102 cm³/mol. The molecule has 138 valence electrons. The third kappa shape index (κ3) is 3.98. The second-order valence-electron chi connectivity index (χ2n) is 6.23. The van der Waals surface area contributed by atoms with Crippen molar-refractivity contribution >= 4 is 29.1 Å². The smallest absolute Gasteiger partial charge is 0.274 e. The molecule has 0 saturated heterocycles. The molecule has 1 aliphatic rings. The number of aromatic nitrogens is 3. The van der Waals surface area contributed by atoms with Crippen molar-refractivity contribution in [2.75, 3.05) is 0 Å². The highest BCUT2D eigenvalue weighted by Crippen LogP contribution is 2.27. The second kappa shape index (κ2) is 7.68. The van der Waals surface area contributed by atoms with Crippen LogP contribution in [0, 0.1) is 0 Å². The first-order valence-corrected chi connectivity index (χ1v) is 9.18. The van der Waals surface area contributed by atoms with E-state index in [2.05, 4.69) is 15.6 Å². The Morgan fingerprint density at radius 1 is 1.19 bits per heavy atom. The van der Waals surface area contributed by atoms with Crippen molar-refractivity contribution in [1.82, 2.24) is 20.3 Å². The number of rotatable bonds is 4. The fourth-order valence-electron chi connectivity index (χ4n) is 2.98. The van der Waals surface area contributed by atoms with Gasteiger partial charge in [-0.05, 0) is 35.4 Å². The molecule has 3 aromatic rings. The molecule has 1 amide bonds. The van der Waals surface area contributed by atoms with E-state index in [4.69, 9.17) is 27.9 Å². The van der Waals surface area contributed by atoms with Crippen LogP contribution in [0.5, 0.6) is 0 Å². The van der Waals surface area contributed by atoms with Gasteiger partial charge in [-0.3, -0.25) is 4.79 Å². The summed E-state index contributed by atoms with van der Waals surface area (Å²) in [4.78, 5) is 12.5. The van der Waals surface area contributed by atoms with Crippen LogP contribution < -0.4 is 5.32 Å². The average molecular weight is 403 g/mol. The van der Waals surface area contributed by atoms with E-state index in [-0.39, 0.29) is 24.3 Å². The Morgan fingerprint density at radius 3 is 2.78 bits per heavy atom. The predicted octanol–water partition coefficient (Wildman–Crippen LogP) is 3.79. The van der Waals surface area contributed by atoms with Crippen molar-refractivity contribution < 1.29 is 9.53 Å². The summed E-state index contributed by atoms with van der Waals surface area (Å²) in [6, 6.07) is 14.8. The number of hydrogen-bond donors (Lipinski definition) is 1. The summed E-state index contributed by atoms with van der Waals surface area (Å²) in [6.07, 6.45) is -0.154. The first-order chi connectivity index (χ1) is 13.1. The molecule has 0 unspecified atom stereocenters. The van der Waals surface area contributed by atoms with Crippen LogP contribution in [0.15, 0.2) is 48.5 Å². The number of carbonyl (C=O) groups is 1. The van der Waals surface area contributed by atoms with E-state index in [1.165, 1.54) is 0 Å². The highest BCUT2D eigenvalue weighted by Gasteiger charge is 2.27. The zero-order valence-corrected chi connectivity index (χ0v) is 15.7. The molecule has 0 radical (unpaired) electrons. The molecule has 0 saturated carbocycles. The van der Waals surface area contributed by atoms with Gasteiger partial charge >= 0.3 is 0 Å². The normalized spacial score (nSPS) is 16.0. The molecule has 6 nitrogen and oxygen atoms in total. The van der Waals surface area contributed by atoms with Gasteiger partial charge in [-0.2, -0.15) is 0 Å². The van der Waals surface area contributed by atoms with Gasteiger partial charge in [-0.25, -0.2) is 4.68 Å². The van der Waals surface area contributed by atoms with Gasteiger partial charge in [0.15, 0.2) is 5.69 Å². The molecule has 0 spiro atoms. The topological polar surface area (TPSA) is 69.0 Å². The quantitative estimate of drug-likeness (QED) is 0.720. The molecule has 27 heavy (non-hydrogen) atoms. The molecule has 0 bridgehead atoms. The molecule has 1 aliphatic heterocycles. The third-order valence-electron chi connectivity index (χ3n) is 4.40. The third-order valence-corrected chi connectivity index (χ3v) is 4.88. The number of benzene rings is 2. The molecular formula is C19H16Cl2N4O2. The van der Waals surface area contributed by atoms with Gasteiger partial charge in [0, 0.05) is 16.6 Å². The van der Waals surface area contributed by atoms with Crippen LogP contribution in [-0.4, -0.2) is 20.9 Å². The maximum absolute atomic E-state index is 12.5. The van der Waals surface area contributed by atoms with Crippen LogP contribution in [0.25, 0.3) is 0 Å². The zero-order valence-electron chi connectivity index (χ0n) is 14.2. The summed E-state index contributed by atoms with van der Waals surface area (Å²) in [5, 5.41) is 12.3. The van der Waals surface area contributed by atoms with Gasteiger partial charge in [-0.1, -0.05) is 52.7 Å². The molecule has 2 aromatic carbocycles. The Morgan fingerprint density at radius 2 is 2.00 bits per heavy atom. The lowest BCUT2D eigenvalue weighted by atomic mass is 10.1. The van der Waals surface area contributed by atoms with Gasteiger partial charge in [-0.15, -0.1) is 5.10 Å². The Labute approximate surface area is 166 Å². The van der Waals surface area contributed by atoms with Gasteiger partial charge in [0.05, 0.1) is 18.8 Å².